The zero-order valence-electron chi connectivity index (χ0n) is 17.1. The molecule has 1 aliphatic heterocycles. The Labute approximate surface area is 188 Å². The third kappa shape index (κ3) is 5.40. The SMILES string of the molecule is O=C(CSc1nc(-c2ccccc2)cc(C(F)(F)F)n1)N1CCN(c2ccccc2)CC1. The second kappa shape index (κ2) is 9.60. The Hall–Kier alpha value is -3.07. The number of para-hydroxylation sites is 1. The van der Waals surface area contributed by atoms with Crippen molar-refractivity contribution in [2.75, 3.05) is 36.8 Å². The molecular weight excluding hydrogens is 437 g/mol. The first-order chi connectivity index (χ1) is 15.4. The topological polar surface area (TPSA) is 49.3 Å². The maximum atomic E-state index is 13.4. The molecule has 166 valence electrons. The molecule has 0 spiro atoms. The van der Waals surface area contributed by atoms with Crippen LogP contribution >= 0.6 is 11.8 Å². The van der Waals surface area contributed by atoms with Crippen molar-refractivity contribution in [3.63, 3.8) is 0 Å². The molecule has 3 aromatic rings. The average Bonchev–Trinajstić information content (AvgIpc) is 2.83. The first-order valence-electron chi connectivity index (χ1n) is 10.1. The van der Waals surface area contributed by atoms with Crippen LogP contribution in [0.3, 0.4) is 0 Å². The van der Waals surface area contributed by atoms with Crippen LogP contribution in [-0.2, 0) is 11.0 Å². The number of thioether (sulfide) groups is 1. The number of hydrogen-bond acceptors (Lipinski definition) is 5. The summed E-state index contributed by atoms with van der Waals surface area (Å²) in [5, 5.41) is -0.0602. The molecule has 2 aromatic carbocycles. The van der Waals surface area contributed by atoms with Gasteiger partial charge < -0.3 is 9.80 Å². The quantitative estimate of drug-likeness (QED) is 0.413. The summed E-state index contributed by atoms with van der Waals surface area (Å²) in [5.74, 6) is -0.147. The Kier molecular flexibility index (Phi) is 6.64. The molecule has 0 saturated carbocycles. The number of nitrogens with zero attached hydrogens (tertiary/aromatic N) is 4. The molecular formula is C23H21F3N4OS. The van der Waals surface area contributed by atoms with Gasteiger partial charge in [0.05, 0.1) is 11.4 Å². The highest BCUT2D eigenvalue weighted by atomic mass is 32.2. The maximum Gasteiger partial charge on any atom is 0.433 e. The second-order valence-electron chi connectivity index (χ2n) is 7.28. The molecule has 1 saturated heterocycles. The van der Waals surface area contributed by atoms with Gasteiger partial charge in [-0.1, -0.05) is 60.3 Å². The summed E-state index contributed by atoms with van der Waals surface area (Å²) in [6.45, 7) is 2.54. The number of anilines is 1. The number of piperazine rings is 1. The smallest absolute Gasteiger partial charge is 0.368 e. The molecule has 0 bridgehead atoms. The number of alkyl halides is 3. The zero-order chi connectivity index (χ0) is 22.6. The van der Waals surface area contributed by atoms with Gasteiger partial charge >= 0.3 is 6.18 Å². The lowest BCUT2D eigenvalue weighted by atomic mass is 10.1. The summed E-state index contributed by atoms with van der Waals surface area (Å²) in [6, 6.07) is 19.5. The van der Waals surface area contributed by atoms with Gasteiger partial charge in [0.25, 0.3) is 0 Å². The Balaban J connectivity index is 1.41. The van der Waals surface area contributed by atoms with Crippen molar-refractivity contribution in [1.82, 2.24) is 14.9 Å². The minimum absolute atomic E-state index is 0.0130. The van der Waals surface area contributed by atoms with Gasteiger partial charge in [0, 0.05) is 37.4 Å². The van der Waals surface area contributed by atoms with Crippen molar-refractivity contribution in [2.24, 2.45) is 0 Å². The Morgan fingerprint density at radius 3 is 2.16 bits per heavy atom. The Bertz CT molecular complexity index is 1060. The molecule has 0 radical (unpaired) electrons. The van der Waals surface area contributed by atoms with Gasteiger partial charge in [0.1, 0.15) is 5.69 Å². The number of aromatic nitrogens is 2. The number of benzene rings is 2. The van der Waals surface area contributed by atoms with E-state index in [1.165, 1.54) is 0 Å². The summed E-state index contributed by atoms with van der Waals surface area (Å²) in [5.41, 5.74) is 0.836. The monoisotopic (exact) mass is 458 g/mol. The normalized spacial score (nSPS) is 14.5. The lowest BCUT2D eigenvalue weighted by Gasteiger charge is -2.36. The number of carbonyl (C=O) groups is 1. The number of halogens is 3. The van der Waals surface area contributed by atoms with E-state index in [1.54, 1.807) is 35.2 Å². The largest absolute Gasteiger partial charge is 0.433 e. The van der Waals surface area contributed by atoms with Crippen LogP contribution in [0.5, 0.6) is 0 Å². The molecule has 2 heterocycles. The number of carbonyl (C=O) groups excluding carboxylic acids is 1. The minimum Gasteiger partial charge on any atom is -0.368 e. The third-order valence-corrected chi connectivity index (χ3v) is 5.98. The predicted octanol–water partition coefficient (Wildman–Crippen LogP) is 4.60. The highest BCUT2D eigenvalue weighted by molar-refractivity contribution is 7.99. The highest BCUT2D eigenvalue weighted by Crippen LogP contribution is 2.32. The summed E-state index contributed by atoms with van der Waals surface area (Å²) in [7, 11) is 0. The molecule has 0 aliphatic carbocycles. The molecule has 1 amide bonds. The summed E-state index contributed by atoms with van der Waals surface area (Å²) in [4.78, 5) is 24.5. The van der Waals surface area contributed by atoms with Crippen LogP contribution < -0.4 is 4.90 Å². The van der Waals surface area contributed by atoms with E-state index in [1.807, 2.05) is 30.3 Å². The third-order valence-electron chi connectivity index (χ3n) is 5.14. The molecule has 5 nitrogen and oxygen atoms in total. The van der Waals surface area contributed by atoms with Gasteiger partial charge in [-0.2, -0.15) is 13.2 Å². The lowest BCUT2D eigenvalue weighted by molar-refractivity contribution is -0.141. The van der Waals surface area contributed by atoms with Gasteiger partial charge in [0.15, 0.2) is 5.16 Å². The van der Waals surface area contributed by atoms with Crippen molar-refractivity contribution < 1.29 is 18.0 Å². The van der Waals surface area contributed by atoms with Crippen molar-refractivity contribution >= 4 is 23.4 Å². The fraction of sp³-hybridized carbons (Fsp3) is 0.261. The number of amides is 1. The Morgan fingerprint density at radius 1 is 0.906 bits per heavy atom. The van der Waals surface area contributed by atoms with E-state index in [-0.39, 0.29) is 22.5 Å². The van der Waals surface area contributed by atoms with Crippen molar-refractivity contribution in [3.8, 4) is 11.3 Å². The molecule has 0 atom stereocenters. The van der Waals surface area contributed by atoms with Crippen LogP contribution in [0.15, 0.2) is 71.9 Å². The fourth-order valence-corrected chi connectivity index (χ4v) is 4.22. The molecule has 1 fully saturated rings. The second-order valence-corrected chi connectivity index (χ2v) is 8.22. The van der Waals surface area contributed by atoms with Gasteiger partial charge in [-0.3, -0.25) is 4.79 Å². The zero-order valence-corrected chi connectivity index (χ0v) is 17.9. The van der Waals surface area contributed by atoms with E-state index in [2.05, 4.69) is 14.9 Å². The summed E-state index contributed by atoms with van der Waals surface area (Å²) >= 11 is 0.931. The molecule has 1 aliphatic rings. The number of hydrogen-bond donors (Lipinski definition) is 0. The van der Waals surface area contributed by atoms with E-state index >= 15 is 0 Å². The molecule has 1 aromatic heterocycles. The lowest BCUT2D eigenvalue weighted by Crippen LogP contribution is -2.49. The van der Waals surface area contributed by atoms with Crippen LogP contribution in [0.4, 0.5) is 18.9 Å². The van der Waals surface area contributed by atoms with E-state index < -0.39 is 11.9 Å². The van der Waals surface area contributed by atoms with Crippen LogP contribution in [-0.4, -0.2) is 52.7 Å². The van der Waals surface area contributed by atoms with Gasteiger partial charge in [-0.05, 0) is 18.2 Å². The van der Waals surface area contributed by atoms with Crippen molar-refractivity contribution in [2.45, 2.75) is 11.3 Å². The van der Waals surface area contributed by atoms with Crippen LogP contribution in [0.25, 0.3) is 11.3 Å². The molecule has 4 rings (SSSR count). The maximum absolute atomic E-state index is 13.4. The Morgan fingerprint density at radius 2 is 1.53 bits per heavy atom. The summed E-state index contributed by atoms with van der Waals surface area (Å²) < 4.78 is 40.1. The standard InChI is InChI=1S/C23H21F3N4OS/c24-23(25,26)20-15-19(17-7-3-1-4-8-17)27-22(28-20)32-16-21(31)30-13-11-29(12-14-30)18-9-5-2-6-10-18/h1-10,15H,11-14,16H2. The van der Waals surface area contributed by atoms with Crippen molar-refractivity contribution in [1.29, 1.82) is 0 Å². The highest BCUT2D eigenvalue weighted by Gasteiger charge is 2.34. The molecule has 32 heavy (non-hydrogen) atoms. The summed E-state index contributed by atoms with van der Waals surface area (Å²) in [6.07, 6.45) is -4.60. The van der Waals surface area contributed by atoms with Crippen LogP contribution in [0, 0.1) is 0 Å². The number of rotatable bonds is 5. The minimum atomic E-state index is -4.60. The molecule has 9 heteroatoms. The van der Waals surface area contributed by atoms with Gasteiger partial charge in [0.2, 0.25) is 5.91 Å². The van der Waals surface area contributed by atoms with Crippen LogP contribution in [0.1, 0.15) is 5.69 Å². The van der Waals surface area contributed by atoms with E-state index in [0.29, 0.717) is 31.7 Å². The molecule has 0 unspecified atom stereocenters. The van der Waals surface area contributed by atoms with Gasteiger partial charge in [-0.15, -0.1) is 0 Å². The van der Waals surface area contributed by atoms with Gasteiger partial charge in [-0.25, -0.2) is 9.97 Å². The molecule has 0 N–H and O–H groups in total. The van der Waals surface area contributed by atoms with Crippen LogP contribution in [0.2, 0.25) is 0 Å². The predicted molar refractivity (Wildman–Crippen MR) is 118 cm³/mol. The fourth-order valence-electron chi connectivity index (χ4n) is 3.46. The first kappa shape index (κ1) is 22.1. The van der Waals surface area contributed by atoms with E-state index in [4.69, 9.17) is 0 Å². The van der Waals surface area contributed by atoms with E-state index in [0.717, 1.165) is 23.5 Å². The van der Waals surface area contributed by atoms with E-state index in [9.17, 15) is 18.0 Å². The average molecular weight is 459 g/mol. The van der Waals surface area contributed by atoms with Crippen molar-refractivity contribution in [3.05, 3.63) is 72.4 Å². The first-order valence-corrected chi connectivity index (χ1v) is 11.1.